The molecule has 1 aromatic heterocycles. The topological polar surface area (TPSA) is 29.9 Å². The van der Waals surface area contributed by atoms with E-state index in [0.717, 1.165) is 26.1 Å². The molecule has 3 nitrogen and oxygen atoms in total. The van der Waals surface area contributed by atoms with Crippen molar-refractivity contribution in [1.29, 1.82) is 0 Å². The lowest BCUT2D eigenvalue weighted by Crippen LogP contribution is -2.21. The average Bonchev–Trinajstić information content (AvgIpc) is 2.72. The zero-order valence-corrected chi connectivity index (χ0v) is 10.7. The zero-order valence-electron chi connectivity index (χ0n) is 10.7. The van der Waals surface area contributed by atoms with Crippen molar-refractivity contribution in [1.82, 2.24) is 14.9 Å². The number of rotatable bonds is 9. The first-order valence-corrected chi connectivity index (χ1v) is 6.59. The van der Waals surface area contributed by atoms with Crippen molar-refractivity contribution in [2.24, 2.45) is 0 Å². The zero-order chi connectivity index (χ0) is 11.6. The largest absolute Gasteiger partial charge is 0.334 e. The van der Waals surface area contributed by atoms with Gasteiger partial charge >= 0.3 is 0 Å². The van der Waals surface area contributed by atoms with Crippen LogP contribution in [0.2, 0.25) is 0 Å². The summed E-state index contributed by atoms with van der Waals surface area (Å²) in [5, 5.41) is 3.48. The molecule has 0 aliphatic rings. The van der Waals surface area contributed by atoms with Gasteiger partial charge in [0.25, 0.3) is 0 Å². The number of aromatic nitrogens is 2. The number of nitrogens with zero attached hydrogens (tertiary/aromatic N) is 2. The van der Waals surface area contributed by atoms with Crippen LogP contribution in [-0.2, 0) is 13.0 Å². The van der Waals surface area contributed by atoms with Gasteiger partial charge in [-0.2, -0.15) is 0 Å². The summed E-state index contributed by atoms with van der Waals surface area (Å²) in [5.41, 5.74) is 0. The molecule has 1 rings (SSSR count). The predicted molar refractivity (Wildman–Crippen MR) is 68.6 cm³/mol. The third-order valence-corrected chi connectivity index (χ3v) is 2.76. The minimum atomic E-state index is 1.04. The van der Waals surface area contributed by atoms with Gasteiger partial charge in [-0.15, -0.1) is 0 Å². The van der Waals surface area contributed by atoms with Gasteiger partial charge in [-0.1, -0.05) is 26.7 Å². The van der Waals surface area contributed by atoms with E-state index in [9.17, 15) is 0 Å². The number of nitrogens with one attached hydrogen (secondary N) is 1. The minimum Gasteiger partial charge on any atom is -0.334 e. The summed E-state index contributed by atoms with van der Waals surface area (Å²) in [6.45, 7) is 7.68. The van der Waals surface area contributed by atoms with Gasteiger partial charge in [0.15, 0.2) is 0 Å². The van der Waals surface area contributed by atoms with Gasteiger partial charge < -0.3 is 9.88 Å². The molecule has 92 valence electrons. The second-order valence-electron chi connectivity index (χ2n) is 4.24. The van der Waals surface area contributed by atoms with Crippen LogP contribution in [0.4, 0.5) is 0 Å². The summed E-state index contributed by atoms with van der Waals surface area (Å²) in [5.74, 6) is 1.22. The van der Waals surface area contributed by atoms with Crippen molar-refractivity contribution in [2.45, 2.75) is 52.5 Å². The molecule has 1 heterocycles. The van der Waals surface area contributed by atoms with Gasteiger partial charge in [0.2, 0.25) is 0 Å². The number of hydrogen-bond donors (Lipinski definition) is 1. The SMILES string of the molecule is CCCCCNCCn1ccnc1CCC. The Morgan fingerprint density at radius 3 is 2.81 bits per heavy atom. The van der Waals surface area contributed by atoms with Gasteiger partial charge in [0.1, 0.15) is 5.82 Å². The summed E-state index contributed by atoms with van der Waals surface area (Å²) in [6, 6.07) is 0. The maximum absolute atomic E-state index is 4.37. The molecule has 0 saturated carbocycles. The van der Waals surface area contributed by atoms with E-state index in [1.54, 1.807) is 0 Å². The molecule has 0 saturated heterocycles. The lowest BCUT2D eigenvalue weighted by Gasteiger charge is -2.08. The first-order chi connectivity index (χ1) is 7.88. The summed E-state index contributed by atoms with van der Waals surface area (Å²) in [7, 11) is 0. The molecule has 16 heavy (non-hydrogen) atoms. The van der Waals surface area contributed by atoms with Crippen LogP contribution in [0, 0.1) is 0 Å². The first-order valence-electron chi connectivity index (χ1n) is 6.59. The van der Waals surface area contributed by atoms with Crippen molar-refractivity contribution in [3.05, 3.63) is 18.2 Å². The van der Waals surface area contributed by atoms with Crippen LogP contribution in [0.15, 0.2) is 12.4 Å². The lowest BCUT2D eigenvalue weighted by atomic mass is 10.2. The van der Waals surface area contributed by atoms with E-state index in [1.807, 2.05) is 6.20 Å². The van der Waals surface area contributed by atoms with Crippen molar-refractivity contribution in [2.75, 3.05) is 13.1 Å². The molecule has 1 N–H and O–H groups in total. The molecule has 0 fully saturated rings. The van der Waals surface area contributed by atoms with Gasteiger partial charge in [-0.25, -0.2) is 4.98 Å². The standard InChI is InChI=1S/C13H25N3/c1-3-5-6-8-14-9-11-16-12-10-15-13(16)7-4-2/h10,12,14H,3-9,11H2,1-2H3. The molecule has 0 spiro atoms. The number of unbranched alkanes of at least 4 members (excludes halogenated alkanes) is 2. The van der Waals surface area contributed by atoms with Gasteiger partial charge in [0, 0.05) is 31.9 Å². The van der Waals surface area contributed by atoms with E-state index in [4.69, 9.17) is 0 Å². The number of hydrogen-bond acceptors (Lipinski definition) is 2. The Morgan fingerprint density at radius 1 is 1.19 bits per heavy atom. The normalized spacial score (nSPS) is 10.9. The molecule has 0 aliphatic carbocycles. The summed E-state index contributed by atoms with van der Waals surface area (Å²) < 4.78 is 2.26. The van der Waals surface area contributed by atoms with E-state index in [0.29, 0.717) is 0 Å². The molecular formula is C13H25N3. The maximum atomic E-state index is 4.37. The van der Waals surface area contributed by atoms with Crippen LogP contribution in [0.25, 0.3) is 0 Å². The first kappa shape index (κ1) is 13.2. The average molecular weight is 223 g/mol. The second kappa shape index (κ2) is 8.34. The Balaban J connectivity index is 2.13. The van der Waals surface area contributed by atoms with Crippen LogP contribution >= 0.6 is 0 Å². The maximum Gasteiger partial charge on any atom is 0.108 e. The van der Waals surface area contributed by atoms with E-state index in [-0.39, 0.29) is 0 Å². The van der Waals surface area contributed by atoms with Crippen molar-refractivity contribution < 1.29 is 0 Å². The monoisotopic (exact) mass is 223 g/mol. The van der Waals surface area contributed by atoms with Crippen molar-refractivity contribution >= 4 is 0 Å². The van der Waals surface area contributed by atoms with Gasteiger partial charge in [-0.05, 0) is 19.4 Å². The van der Waals surface area contributed by atoms with Gasteiger partial charge in [-0.3, -0.25) is 0 Å². The molecule has 0 amide bonds. The minimum absolute atomic E-state index is 1.04. The highest BCUT2D eigenvalue weighted by molar-refractivity contribution is 4.92. The van der Waals surface area contributed by atoms with E-state index in [1.165, 1.54) is 31.5 Å². The van der Waals surface area contributed by atoms with Crippen LogP contribution in [0.3, 0.4) is 0 Å². The highest BCUT2D eigenvalue weighted by Crippen LogP contribution is 2.00. The second-order valence-corrected chi connectivity index (χ2v) is 4.24. The summed E-state index contributed by atoms with van der Waals surface area (Å²) in [4.78, 5) is 4.37. The highest BCUT2D eigenvalue weighted by Gasteiger charge is 2.00. The molecule has 0 aliphatic heterocycles. The highest BCUT2D eigenvalue weighted by atomic mass is 15.1. The molecule has 0 bridgehead atoms. The van der Waals surface area contributed by atoms with E-state index >= 15 is 0 Å². The molecule has 0 atom stereocenters. The third kappa shape index (κ3) is 4.79. The fourth-order valence-corrected chi connectivity index (χ4v) is 1.82. The molecule has 0 aromatic carbocycles. The Kier molecular flexibility index (Phi) is 6.90. The lowest BCUT2D eigenvalue weighted by molar-refractivity contribution is 0.555. The van der Waals surface area contributed by atoms with Crippen LogP contribution in [-0.4, -0.2) is 22.6 Å². The Hall–Kier alpha value is -0.830. The molecule has 1 aromatic rings. The Morgan fingerprint density at radius 2 is 2.06 bits per heavy atom. The van der Waals surface area contributed by atoms with E-state index in [2.05, 4.69) is 34.9 Å². The quantitative estimate of drug-likeness (QED) is 0.652. The van der Waals surface area contributed by atoms with Crippen molar-refractivity contribution in [3.63, 3.8) is 0 Å². The Labute approximate surface area is 99.3 Å². The number of imidazole rings is 1. The van der Waals surface area contributed by atoms with E-state index < -0.39 is 0 Å². The Bertz CT molecular complexity index is 268. The van der Waals surface area contributed by atoms with Crippen LogP contribution < -0.4 is 5.32 Å². The third-order valence-electron chi connectivity index (χ3n) is 2.76. The molecule has 3 heteroatoms. The molecular weight excluding hydrogens is 198 g/mol. The summed E-state index contributed by atoms with van der Waals surface area (Å²) in [6.07, 6.45) is 10.2. The summed E-state index contributed by atoms with van der Waals surface area (Å²) >= 11 is 0. The smallest absolute Gasteiger partial charge is 0.108 e. The molecule has 0 unspecified atom stereocenters. The van der Waals surface area contributed by atoms with Gasteiger partial charge in [0.05, 0.1) is 0 Å². The number of aryl methyl sites for hydroxylation is 1. The fourth-order valence-electron chi connectivity index (χ4n) is 1.82. The molecule has 0 radical (unpaired) electrons. The van der Waals surface area contributed by atoms with Crippen LogP contribution in [0.5, 0.6) is 0 Å². The van der Waals surface area contributed by atoms with Crippen molar-refractivity contribution in [3.8, 4) is 0 Å². The fraction of sp³-hybridized carbons (Fsp3) is 0.769. The predicted octanol–water partition coefficient (Wildman–Crippen LogP) is 2.62. The van der Waals surface area contributed by atoms with Crippen LogP contribution in [0.1, 0.15) is 45.4 Å².